The average molecular weight is 508 g/mol. The molecule has 0 saturated heterocycles. The van der Waals surface area contributed by atoms with Crippen molar-refractivity contribution in [2.45, 2.75) is 46.6 Å². The van der Waals surface area contributed by atoms with E-state index in [-0.39, 0.29) is 29.9 Å². The largest absolute Gasteiger partial charge is 0.453 e. The summed E-state index contributed by atoms with van der Waals surface area (Å²) in [7, 11) is 0. The van der Waals surface area contributed by atoms with Gasteiger partial charge in [-0.15, -0.1) is 0 Å². The third kappa shape index (κ3) is 7.72. The molecule has 1 atom stereocenters. The van der Waals surface area contributed by atoms with Gasteiger partial charge in [0.05, 0.1) is 5.56 Å². The van der Waals surface area contributed by atoms with Gasteiger partial charge >= 0.3 is 5.97 Å². The molecule has 0 aliphatic carbocycles. The van der Waals surface area contributed by atoms with Crippen LogP contribution in [-0.4, -0.2) is 18.4 Å². The van der Waals surface area contributed by atoms with E-state index < -0.39 is 29.1 Å². The molecule has 4 nitrogen and oxygen atoms in total. The number of hydrogen-bond donors (Lipinski definition) is 1. The third-order valence-corrected chi connectivity index (χ3v) is 6.30. The zero-order chi connectivity index (χ0) is 27.0. The molecule has 1 amide bonds. The molecule has 3 aromatic rings. The number of ether oxygens (including phenoxy) is 1. The maximum absolute atomic E-state index is 13.5. The molecule has 0 bridgehead atoms. The molecule has 37 heavy (non-hydrogen) atoms. The van der Waals surface area contributed by atoms with Crippen LogP contribution in [0.2, 0.25) is 0 Å². The molecular weight excluding hydrogens is 472 g/mol. The van der Waals surface area contributed by atoms with Crippen LogP contribution in [0.5, 0.6) is 0 Å². The number of benzene rings is 3. The minimum atomic E-state index is -0.676. The Bertz CT molecular complexity index is 1150. The topological polar surface area (TPSA) is 55.4 Å². The summed E-state index contributed by atoms with van der Waals surface area (Å²) in [6, 6.07) is 20.2. The van der Waals surface area contributed by atoms with E-state index in [1.165, 1.54) is 48.5 Å². The third-order valence-electron chi connectivity index (χ3n) is 6.30. The summed E-state index contributed by atoms with van der Waals surface area (Å²) in [6.45, 7) is 8.64. The number of halogens is 2. The smallest absolute Gasteiger partial charge is 0.338 e. The van der Waals surface area contributed by atoms with Gasteiger partial charge in [0.1, 0.15) is 17.7 Å². The van der Waals surface area contributed by atoms with Gasteiger partial charge in [0.25, 0.3) is 5.91 Å². The van der Waals surface area contributed by atoms with Crippen LogP contribution in [0, 0.1) is 28.9 Å². The average Bonchev–Trinajstić information content (AvgIpc) is 2.86. The Morgan fingerprint density at radius 2 is 1.24 bits per heavy atom. The lowest BCUT2D eigenvalue weighted by molar-refractivity contribution is -0.0378. The number of esters is 1. The number of carbonyl (C=O) groups excluding carboxylic acids is 2. The zero-order valence-electron chi connectivity index (χ0n) is 21.8. The first-order valence-corrected chi connectivity index (χ1v) is 12.6. The van der Waals surface area contributed by atoms with Gasteiger partial charge in [0, 0.05) is 17.5 Å². The van der Waals surface area contributed by atoms with Gasteiger partial charge in [-0.25, -0.2) is 13.6 Å². The SMILES string of the molecule is CC(C)CC(CNC(=O)c1ccc(F)cc1)(CC(C)C)C(OC(=O)c1ccc(F)cc1)c1ccccc1. The first kappa shape index (κ1) is 28.0. The summed E-state index contributed by atoms with van der Waals surface area (Å²) in [5, 5.41) is 3.04. The fraction of sp³-hybridized carbons (Fsp3) is 0.355. The number of nitrogens with one attached hydrogen (secondary N) is 1. The maximum atomic E-state index is 13.5. The molecule has 0 radical (unpaired) electrons. The Morgan fingerprint density at radius 1 is 0.757 bits per heavy atom. The summed E-state index contributed by atoms with van der Waals surface area (Å²) in [6.07, 6.45) is 0.667. The van der Waals surface area contributed by atoms with Crippen LogP contribution < -0.4 is 5.32 Å². The van der Waals surface area contributed by atoms with Crippen molar-refractivity contribution in [3.8, 4) is 0 Å². The molecule has 3 aromatic carbocycles. The van der Waals surface area contributed by atoms with Gasteiger partial charge in [-0.3, -0.25) is 4.79 Å². The van der Waals surface area contributed by atoms with E-state index in [1.807, 2.05) is 30.3 Å². The van der Waals surface area contributed by atoms with Gasteiger partial charge in [0.2, 0.25) is 0 Å². The van der Waals surface area contributed by atoms with Gasteiger partial charge < -0.3 is 10.1 Å². The number of amides is 1. The van der Waals surface area contributed by atoms with Gasteiger partial charge in [-0.2, -0.15) is 0 Å². The molecule has 0 aliphatic rings. The van der Waals surface area contributed by atoms with E-state index in [1.54, 1.807) is 0 Å². The summed E-state index contributed by atoms with van der Waals surface area (Å²) in [5.74, 6) is -1.27. The molecule has 0 saturated carbocycles. The molecule has 0 aliphatic heterocycles. The Balaban J connectivity index is 2.02. The Kier molecular flexibility index (Phi) is 9.56. The predicted molar refractivity (Wildman–Crippen MR) is 141 cm³/mol. The molecular formula is C31H35F2NO3. The molecule has 6 heteroatoms. The summed E-state index contributed by atoms with van der Waals surface area (Å²) < 4.78 is 33.1. The standard InChI is InChI=1S/C31H35F2NO3/c1-21(2)18-31(19-22(3)4,20-34-29(35)24-10-14-26(32)15-11-24)28(23-8-6-5-7-9-23)37-30(36)25-12-16-27(33)17-13-25/h5-17,21-22,28H,18-20H2,1-4H3,(H,34,35). The number of carbonyl (C=O) groups is 2. The first-order valence-electron chi connectivity index (χ1n) is 12.6. The van der Waals surface area contributed by atoms with Crippen LogP contribution in [0.1, 0.15) is 72.9 Å². The lowest BCUT2D eigenvalue weighted by Crippen LogP contribution is -2.45. The van der Waals surface area contributed by atoms with E-state index >= 15 is 0 Å². The Morgan fingerprint density at radius 3 is 1.73 bits per heavy atom. The van der Waals surface area contributed by atoms with Gasteiger partial charge in [-0.05, 0) is 78.8 Å². The fourth-order valence-electron chi connectivity index (χ4n) is 5.06. The van der Waals surface area contributed by atoms with Gasteiger partial charge in [-0.1, -0.05) is 58.0 Å². The van der Waals surface area contributed by atoms with Gasteiger partial charge in [0.15, 0.2) is 0 Å². The first-order chi connectivity index (χ1) is 17.6. The van der Waals surface area contributed by atoms with Crippen molar-refractivity contribution >= 4 is 11.9 Å². The molecule has 1 N–H and O–H groups in total. The summed E-state index contributed by atoms with van der Waals surface area (Å²) in [4.78, 5) is 26.3. The predicted octanol–water partition coefficient (Wildman–Crippen LogP) is 7.37. The van der Waals surface area contributed by atoms with Crippen LogP contribution in [0.3, 0.4) is 0 Å². The molecule has 0 spiro atoms. The lowest BCUT2D eigenvalue weighted by Gasteiger charge is -2.43. The van der Waals surface area contributed by atoms with Crippen LogP contribution in [0.4, 0.5) is 8.78 Å². The second-order valence-electron chi connectivity index (χ2n) is 10.5. The summed E-state index contributed by atoms with van der Waals surface area (Å²) >= 11 is 0. The van der Waals surface area contributed by atoms with E-state index in [2.05, 4.69) is 33.0 Å². The van der Waals surface area contributed by atoms with Crippen molar-refractivity contribution < 1.29 is 23.1 Å². The highest BCUT2D eigenvalue weighted by Gasteiger charge is 2.43. The van der Waals surface area contributed by atoms with Crippen LogP contribution in [0.25, 0.3) is 0 Å². The molecule has 0 aromatic heterocycles. The van der Waals surface area contributed by atoms with Crippen LogP contribution in [0.15, 0.2) is 78.9 Å². The highest BCUT2D eigenvalue weighted by molar-refractivity contribution is 5.94. The maximum Gasteiger partial charge on any atom is 0.338 e. The second kappa shape index (κ2) is 12.6. The van der Waals surface area contributed by atoms with Crippen LogP contribution >= 0.6 is 0 Å². The second-order valence-corrected chi connectivity index (χ2v) is 10.5. The monoisotopic (exact) mass is 507 g/mol. The number of rotatable bonds is 11. The van der Waals surface area contributed by atoms with Crippen molar-refractivity contribution in [2.75, 3.05) is 6.54 Å². The van der Waals surface area contributed by atoms with E-state index in [4.69, 9.17) is 4.74 Å². The Labute approximate surface area is 218 Å². The van der Waals surface area contributed by atoms with Crippen molar-refractivity contribution in [2.24, 2.45) is 17.3 Å². The fourth-order valence-corrected chi connectivity index (χ4v) is 5.06. The lowest BCUT2D eigenvalue weighted by atomic mass is 9.68. The number of hydrogen-bond acceptors (Lipinski definition) is 3. The molecule has 0 fully saturated rings. The molecule has 3 rings (SSSR count). The normalized spacial score (nSPS) is 12.4. The van der Waals surface area contributed by atoms with Crippen LogP contribution in [-0.2, 0) is 4.74 Å². The van der Waals surface area contributed by atoms with Crippen molar-refractivity contribution in [1.29, 1.82) is 0 Å². The van der Waals surface area contributed by atoms with Crippen molar-refractivity contribution in [1.82, 2.24) is 5.32 Å². The highest BCUT2D eigenvalue weighted by Crippen LogP contribution is 2.47. The minimum absolute atomic E-state index is 0.234. The van der Waals surface area contributed by atoms with Crippen molar-refractivity contribution in [3.63, 3.8) is 0 Å². The van der Waals surface area contributed by atoms with Crippen molar-refractivity contribution in [3.05, 3.63) is 107 Å². The molecule has 196 valence electrons. The minimum Gasteiger partial charge on any atom is -0.453 e. The van der Waals surface area contributed by atoms with E-state index in [9.17, 15) is 18.4 Å². The zero-order valence-corrected chi connectivity index (χ0v) is 21.8. The molecule has 0 heterocycles. The quantitative estimate of drug-likeness (QED) is 0.276. The van der Waals surface area contributed by atoms with E-state index in [0.717, 1.165) is 5.56 Å². The Hall–Kier alpha value is -3.54. The highest BCUT2D eigenvalue weighted by atomic mass is 19.1. The molecule has 1 unspecified atom stereocenters. The van der Waals surface area contributed by atoms with E-state index in [0.29, 0.717) is 18.4 Å². The summed E-state index contributed by atoms with van der Waals surface area (Å²) in [5.41, 5.74) is 0.773.